The molecule has 0 amide bonds. The number of benzene rings is 1. The lowest BCUT2D eigenvalue weighted by molar-refractivity contribution is -0.0171. The van der Waals surface area contributed by atoms with Crippen molar-refractivity contribution in [3.8, 4) is 0 Å². The number of rotatable bonds is 3. The Kier molecular flexibility index (Phi) is 3.79. The van der Waals surface area contributed by atoms with Crippen LogP contribution in [0.15, 0.2) is 24.3 Å². The molecule has 0 aliphatic carbocycles. The van der Waals surface area contributed by atoms with E-state index in [1.54, 1.807) is 4.68 Å². The van der Waals surface area contributed by atoms with E-state index in [-0.39, 0.29) is 11.2 Å². The highest BCUT2D eigenvalue weighted by Gasteiger charge is 2.29. The van der Waals surface area contributed by atoms with Crippen molar-refractivity contribution < 1.29 is 15.3 Å². The molecule has 2 atom stereocenters. The third kappa shape index (κ3) is 2.67. The Morgan fingerprint density at radius 1 is 1.09 bits per heavy atom. The van der Waals surface area contributed by atoms with Gasteiger partial charge in [0.15, 0.2) is 5.65 Å². The number of hydrogen-bond acceptors (Lipinski definition) is 6. The number of aliphatic hydroxyl groups is 3. The molecule has 3 N–H and O–H groups in total. The van der Waals surface area contributed by atoms with E-state index < -0.39 is 18.8 Å². The lowest BCUT2D eigenvalue weighted by Gasteiger charge is -2.20. The standard InChI is InChI=1S/C16H20N4O3/c1-16(2,3)20-15-13(12(19-20)14(23)11(22)8-21)17-9-6-4-5-7-10(9)18-15/h4-7,11,14,21-23H,8H2,1-3H3/t11-,14+/m0/s1. The highest BCUT2D eigenvalue weighted by atomic mass is 16.4. The topological polar surface area (TPSA) is 104 Å². The smallest absolute Gasteiger partial charge is 0.178 e. The molecule has 0 aliphatic rings. The molecule has 0 spiro atoms. The third-order valence-corrected chi connectivity index (χ3v) is 3.67. The molecule has 2 heterocycles. The van der Waals surface area contributed by atoms with E-state index in [0.29, 0.717) is 16.7 Å². The Morgan fingerprint density at radius 2 is 1.70 bits per heavy atom. The summed E-state index contributed by atoms with van der Waals surface area (Å²) in [4.78, 5) is 9.17. The van der Waals surface area contributed by atoms with Gasteiger partial charge in [0.2, 0.25) is 0 Å². The van der Waals surface area contributed by atoms with Crippen molar-refractivity contribution in [1.82, 2.24) is 19.7 Å². The van der Waals surface area contributed by atoms with E-state index in [9.17, 15) is 10.2 Å². The summed E-state index contributed by atoms with van der Waals surface area (Å²) in [5, 5.41) is 33.6. The molecule has 7 heteroatoms. The SMILES string of the molecule is CC(C)(C)n1nc([C@H](O)[C@@H](O)CO)c2nc3ccccc3nc21. The molecule has 0 saturated carbocycles. The van der Waals surface area contributed by atoms with Crippen molar-refractivity contribution in [3.05, 3.63) is 30.0 Å². The van der Waals surface area contributed by atoms with Gasteiger partial charge in [-0.3, -0.25) is 0 Å². The van der Waals surface area contributed by atoms with Crippen molar-refractivity contribution in [2.75, 3.05) is 6.61 Å². The predicted octanol–water partition coefficient (Wildman–Crippen LogP) is 1.12. The minimum absolute atomic E-state index is 0.217. The lowest BCUT2D eigenvalue weighted by Crippen LogP contribution is -2.25. The van der Waals surface area contributed by atoms with Crippen molar-refractivity contribution in [2.24, 2.45) is 0 Å². The van der Waals surface area contributed by atoms with Gasteiger partial charge in [0.1, 0.15) is 23.4 Å². The van der Waals surface area contributed by atoms with Crippen LogP contribution < -0.4 is 0 Å². The fourth-order valence-corrected chi connectivity index (χ4v) is 2.46. The minimum Gasteiger partial charge on any atom is -0.394 e. The molecule has 3 aromatic rings. The van der Waals surface area contributed by atoms with Gasteiger partial charge in [-0.2, -0.15) is 5.10 Å². The van der Waals surface area contributed by atoms with E-state index in [1.165, 1.54) is 0 Å². The molecule has 2 aromatic heterocycles. The monoisotopic (exact) mass is 316 g/mol. The van der Waals surface area contributed by atoms with Gasteiger partial charge in [-0.05, 0) is 32.9 Å². The van der Waals surface area contributed by atoms with Gasteiger partial charge in [0.25, 0.3) is 0 Å². The molecule has 0 unspecified atom stereocenters. The number of hydrogen-bond donors (Lipinski definition) is 3. The molecule has 1 aromatic carbocycles. The largest absolute Gasteiger partial charge is 0.394 e. The Hall–Kier alpha value is -2.09. The fourth-order valence-electron chi connectivity index (χ4n) is 2.46. The zero-order valence-electron chi connectivity index (χ0n) is 13.3. The summed E-state index contributed by atoms with van der Waals surface area (Å²) >= 11 is 0. The first-order valence-corrected chi connectivity index (χ1v) is 7.46. The minimum atomic E-state index is -1.33. The van der Waals surface area contributed by atoms with Gasteiger partial charge < -0.3 is 15.3 Å². The van der Waals surface area contributed by atoms with Crippen molar-refractivity contribution in [1.29, 1.82) is 0 Å². The van der Waals surface area contributed by atoms with Crippen LogP contribution in [0, 0.1) is 0 Å². The van der Waals surface area contributed by atoms with Crippen molar-refractivity contribution >= 4 is 22.2 Å². The molecular weight excluding hydrogens is 296 g/mol. The molecule has 0 aliphatic heterocycles. The number of nitrogens with zero attached hydrogens (tertiary/aromatic N) is 4. The van der Waals surface area contributed by atoms with E-state index in [2.05, 4.69) is 15.1 Å². The molecule has 0 bridgehead atoms. The lowest BCUT2D eigenvalue weighted by atomic mass is 10.1. The second kappa shape index (κ2) is 5.52. The molecular formula is C16H20N4O3. The Balaban J connectivity index is 2.34. The molecule has 0 radical (unpaired) electrons. The molecule has 0 fully saturated rings. The van der Waals surface area contributed by atoms with E-state index >= 15 is 0 Å². The summed E-state index contributed by atoms with van der Waals surface area (Å²) in [7, 11) is 0. The second-order valence-corrected chi connectivity index (χ2v) is 6.55. The average molecular weight is 316 g/mol. The number of aromatic nitrogens is 4. The maximum atomic E-state index is 10.3. The zero-order chi connectivity index (χ0) is 16.8. The van der Waals surface area contributed by atoms with Crippen LogP contribution in [0.5, 0.6) is 0 Å². The zero-order valence-corrected chi connectivity index (χ0v) is 13.3. The summed E-state index contributed by atoms with van der Waals surface area (Å²) in [6.45, 7) is 5.34. The van der Waals surface area contributed by atoms with Crippen LogP contribution in [-0.2, 0) is 5.54 Å². The van der Waals surface area contributed by atoms with Crippen LogP contribution in [0.1, 0.15) is 32.6 Å². The van der Waals surface area contributed by atoms with Crippen LogP contribution in [0.4, 0.5) is 0 Å². The highest BCUT2D eigenvalue weighted by Crippen LogP contribution is 2.29. The summed E-state index contributed by atoms with van der Waals surface area (Å²) < 4.78 is 1.68. The van der Waals surface area contributed by atoms with Gasteiger partial charge in [0.05, 0.1) is 23.2 Å². The molecule has 0 saturated heterocycles. The van der Waals surface area contributed by atoms with Crippen LogP contribution in [0.2, 0.25) is 0 Å². The van der Waals surface area contributed by atoms with Crippen LogP contribution in [0.3, 0.4) is 0 Å². The van der Waals surface area contributed by atoms with Gasteiger partial charge >= 0.3 is 0 Å². The van der Waals surface area contributed by atoms with Crippen molar-refractivity contribution in [2.45, 2.75) is 38.5 Å². The average Bonchev–Trinajstić information content (AvgIpc) is 2.89. The Labute approximate surface area is 133 Å². The molecule has 7 nitrogen and oxygen atoms in total. The summed E-state index contributed by atoms with van der Waals surface area (Å²) in [5.41, 5.74) is 2.22. The quantitative estimate of drug-likeness (QED) is 0.669. The summed E-state index contributed by atoms with van der Waals surface area (Å²) in [6, 6.07) is 7.43. The maximum Gasteiger partial charge on any atom is 0.178 e. The molecule has 23 heavy (non-hydrogen) atoms. The number of para-hydroxylation sites is 2. The first kappa shape index (κ1) is 15.8. The third-order valence-electron chi connectivity index (χ3n) is 3.67. The first-order chi connectivity index (χ1) is 10.8. The van der Waals surface area contributed by atoms with E-state index in [0.717, 1.165) is 5.52 Å². The van der Waals surface area contributed by atoms with Gasteiger partial charge in [-0.1, -0.05) is 12.1 Å². The second-order valence-electron chi connectivity index (χ2n) is 6.55. The van der Waals surface area contributed by atoms with Gasteiger partial charge in [-0.25, -0.2) is 14.6 Å². The van der Waals surface area contributed by atoms with Crippen molar-refractivity contribution in [3.63, 3.8) is 0 Å². The molecule has 122 valence electrons. The maximum absolute atomic E-state index is 10.3. The number of aliphatic hydroxyl groups excluding tert-OH is 3. The first-order valence-electron chi connectivity index (χ1n) is 7.46. The molecule has 3 rings (SSSR count). The van der Waals surface area contributed by atoms with E-state index in [1.807, 2.05) is 45.0 Å². The summed E-state index contributed by atoms with van der Waals surface area (Å²) in [5.74, 6) is 0. The van der Waals surface area contributed by atoms with Crippen LogP contribution in [0.25, 0.3) is 22.2 Å². The normalized spacial score (nSPS) is 15.2. The Bertz CT molecular complexity index is 854. The summed E-state index contributed by atoms with van der Waals surface area (Å²) in [6.07, 6.45) is -2.66. The van der Waals surface area contributed by atoms with Gasteiger partial charge in [-0.15, -0.1) is 0 Å². The predicted molar refractivity (Wildman–Crippen MR) is 85.9 cm³/mol. The van der Waals surface area contributed by atoms with Crippen LogP contribution in [-0.4, -0.2) is 47.8 Å². The number of fused-ring (bicyclic) bond motifs is 2. The highest BCUT2D eigenvalue weighted by molar-refractivity contribution is 5.86. The van der Waals surface area contributed by atoms with Crippen LogP contribution >= 0.6 is 0 Å². The Morgan fingerprint density at radius 3 is 2.26 bits per heavy atom. The fraction of sp³-hybridized carbons (Fsp3) is 0.438. The van der Waals surface area contributed by atoms with Gasteiger partial charge in [0, 0.05) is 0 Å². The van der Waals surface area contributed by atoms with E-state index in [4.69, 9.17) is 5.11 Å².